The highest BCUT2D eigenvalue weighted by Crippen LogP contribution is 2.27. The average molecular weight is 267 g/mol. The van der Waals surface area contributed by atoms with Gasteiger partial charge >= 0.3 is 6.18 Å². The molecule has 0 atom stereocenters. The molecule has 2 aromatic rings. The van der Waals surface area contributed by atoms with Crippen molar-refractivity contribution in [3.63, 3.8) is 0 Å². The highest BCUT2D eigenvalue weighted by molar-refractivity contribution is 5.93. The fraction of sp³-hybridized carbons (Fsp3) is 0.0833. The normalized spacial score (nSPS) is 11.3. The molecule has 0 saturated carbocycles. The van der Waals surface area contributed by atoms with E-state index in [9.17, 15) is 18.0 Å². The smallest absolute Gasteiger partial charge is 0.366 e. The molecule has 19 heavy (non-hydrogen) atoms. The first-order valence-corrected chi connectivity index (χ1v) is 5.17. The van der Waals surface area contributed by atoms with Gasteiger partial charge in [-0.25, -0.2) is 4.98 Å². The molecule has 1 aromatic heterocycles. The summed E-state index contributed by atoms with van der Waals surface area (Å²) in [7, 11) is 0. The van der Waals surface area contributed by atoms with Crippen LogP contribution in [0.5, 0.6) is 0 Å². The number of benzene rings is 1. The van der Waals surface area contributed by atoms with Gasteiger partial charge in [0, 0.05) is 11.1 Å². The predicted molar refractivity (Wildman–Crippen MR) is 61.0 cm³/mol. The quantitative estimate of drug-likeness (QED) is 0.907. The number of carbonyl (C=O) groups is 1. The zero-order valence-corrected chi connectivity index (χ0v) is 9.48. The first kappa shape index (κ1) is 13.0. The molecule has 1 aromatic carbocycles. The van der Waals surface area contributed by atoms with Gasteiger partial charge in [-0.15, -0.1) is 0 Å². The SMILES string of the molecule is NC(=O)c1cccc(-c2cnc(C(F)(F)F)cn2)c1. The van der Waals surface area contributed by atoms with Crippen molar-refractivity contribution in [1.82, 2.24) is 9.97 Å². The number of alkyl halides is 3. The van der Waals surface area contributed by atoms with Crippen molar-refractivity contribution >= 4 is 5.91 Å². The lowest BCUT2D eigenvalue weighted by molar-refractivity contribution is -0.141. The Bertz CT molecular complexity index is 608. The van der Waals surface area contributed by atoms with E-state index >= 15 is 0 Å². The summed E-state index contributed by atoms with van der Waals surface area (Å²) < 4.78 is 37.0. The van der Waals surface area contributed by atoms with Gasteiger partial charge < -0.3 is 5.73 Å². The molecular weight excluding hydrogens is 259 g/mol. The summed E-state index contributed by atoms with van der Waals surface area (Å²) in [4.78, 5) is 18.0. The fourth-order valence-electron chi connectivity index (χ4n) is 1.46. The Morgan fingerprint density at radius 3 is 2.42 bits per heavy atom. The third-order valence-electron chi connectivity index (χ3n) is 2.39. The van der Waals surface area contributed by atoms with E-state index < -0.39 is 17.8 Å². The molecular formula is C12H8F3N3O. The number of hydrogen-bond donors (Lipinski definition) is 1. The van der Waals surface area contributed by atoms with Gasteiger partial charge in [-0.1, -0.05) is 12.1 Å². The molecule has 7 heteroatoms. The number of nitrogens with two attached hydrogens (primary N) is 1. The maximum atomic E-state index is 12.3. The van der Waals surface area contributed by atoms with E-state index in [1.54, 1.807) is 12.1 Å². The lowest BCUT2D eigenvalue weighted by atomic mass is 10.1. The third-order valence-corrected chi connectivity index (χ3v) is 2.39. The molecule has 0 saturated heterocycles. The van der Waals surface area contributed by atoms with E-state index in [1.165, 1.54) is 12.1 Å². The van der Waals surface area contributed by atoms with Crippen LogP contribution in [0.3, 0.4) is 0 Å². The fourth-order valence-corrected chi connectivity index (χ4v) is 1.46. The summed E-state index contributed by atoms with van der Waals surface area (Å²) in [6.45, 7) is 0. The van der Waals surface area contributed by atoms with Crippen molar-refractivity contribution in [2.75, 3.05) is 0 Å². The zero-order valence-electron chi connectivity index (χ0n) is 9.48. The van der Waals surface area contributed by atoms with Gasteiger partial charge in [-0.2, -0.15) is 13.2 Å². The maximum absolute atomic E-state index is 12.3. The Morgan fingerprint density at radius 2 is 1.89 bits per heavy atom. The summed E-state index contributed by atoms with van der Waals surface area (Å²) in [5.74, 6) is -0.623. The predicted octanol–water partition coefficient (Wildman–Crippen LogP) is 2.26. The van der Waals surface area contributed by atoms with E-state index in [-0.39, 0.29) is 11.3 Å². The van der Waals surface area contributed by atoms with Crippen molar-refractivity contribution in [3.8, 4) is 11.3 Å². The minimum atomic E-state index is -4.53. The van der Waals surface area contributed by atoms with Crippen LogP contribution in [0.15, 0.2) is 36.7 Å². The van der Waals surface area contributed by atoms with Gasteiger partial charge in [0.15, 0.2) is 5.69 Å². The molecule has 0 aliphatic rings. The van der Waals surface area contributed by atoms with E-state index in [2.05, 4.69) is 9.97 Å². The van der Waals surface area contributed by atoms with Crippen LogP contribution < -0.4 is 5.73 Å². The standard InChI is InChI=1S/C12H8F3N3O/c13-12(14,15)10-6-17-9(5-18-10)7-2-1-3-8(4-7)11(16)19/h1-6H,(H2,16,19). The van der Waals surface area contributed by atoms with Crippen LogP contribution in [0.25, 0.3) is 11.3 Å². The number of primary amides is 1. The number of rotatable bonds is 2. The summed E-state index contributed by atoms with van der Waals surface area (Å²) in [5.41, 5.74) is 5.00. The van der Waals surface area contributed by atoms with Crippen LogP contribution in [0.1, 0.15) is 16.1 Å². The molecule has 0 bridgehead atoms. The molecule has 2 rings (SSSR count). The molecule has 0 aliphatic heterocycles. The molecule has 2 N–H and O–H groups in total. The summed E-state index contributed by atoms with van der Waals surface area (Å²) in [5, 5.41) is 0. The zero-order chi connectivity index (χ0) is 14.0. The van der Waals surface area contributed by atoms with Gasteiger partial charge in [-0.05, 0) is 12.1 Å². The first-order chi connectivity index (χ1) is 8.88. The van der Waals surface area contributed by atoms with Crippen molar-refractivity contribution in [2.24, 2.45) is 5.73 Å². The molecule has 1 heterocycles. The Kier molecular flexibility index (Phi) is 3.20. The second-order valence-corrected chi connectivity index (χ2v) is 3.73. The number of hydrogen-bond acceptors (Lipinski definition) is 3. The molecule has 0 spiro atoms. The minimum Gasteiger partial charge on any atom is -0.366 e. The molecule has 1 amide bonds. The van der Waals surface area contributed by atoms with Crippen LogP contribution in [0.4, 0.5) is 13.2 Å². The molecule has 0 unspecified atom stereocenters. The molecule has 0 fully saturated rings. The van der Waals surface area contributed by atoms with Crippen molar-refractivity contribution in [1.29, 1.82) is 0 Å². The number of carbonyl (C=O) groups excluding carboxylic acids is 1. The summed E-state index contributed by atoms with van der Waals surface area (Å²) in [6.07, 6.45) is -2.88. The summed E-state index contributed by atoms with van der Waals surface area (Å²) >= 11 is 0. The number of halogens is 3. The van der Waals surface area contributed by atoms with Crippen LogP contribution >= 0.6 is 0 Å². The highest BCUT2D eigenvalue weighted by Gasteiger charge is 2.32. The Balaban J connectivity index is 2.37. The molecule has 98 valence electrons. The molecule has 0 radical (unpaired) electrons. The van der Waals surface area contributed by atoms with Gasteiger partial charge in [0.1, 0.15) is 0 Å². The largest absolute Gasteiger partial charge is 0.434 e. The van der Waals surface area contributed by atoms with Crippen LogP contribution in [-0.4, -0.2) is 15.9 Å². The average Bonchev–Trinajstić information content (AvgIpc) is 2.38. The van der Waals surface area contributed by atoms with E-state index in [4.69, 9.17) is 5.73 Å². The number of aromatic nitrogens is 2. The van der Waals surface area contributed by atoms with E-state index in [0.29, 0.717) is 11.8 Å². The van der Waals surface area contributed by atoms with Crippen LogP contribution in [0.2, 0.25) is 0 Å². The third kappa shape index (κ3) is 2.87. The Labute approximate surface area is 106 Å². The summed E-state index contributed by atoms with van der Waals surface area (Å²) in [6, 6.07) is 6.11. The van der Waals surface area contributed by atoms with Gasteiger partial charge in [-0.3, -0.25) is 9.78 Å². The lowest BCUT2D eigenvalue weighted by Gasteiger charge is -2.06. The monoisotopic (exact) mass is 267 g/mol. The molecule has 4 nitrogen and oxygen atoms in total. The van der Waals surface area contributed by atoms with E-state index in [0.717, 1.165) is 6.20 Å². The minimum absolute atomic E-state index is 0.233. The maximum Gasteiger partial charge on any atom is 0.434 e. The Hall–Kier alpha value is -2.44. The van der Waals surface area contributed by atoms with Crippen molar-refractivity contribution in [3.05, 3.63) is 47.9 Å². The number of nitrogens with zero attached hydrogens (tertiary/aromatic N) is 2. The number of amides is 1. The molecule has 0 aliphatic carbocycles. The second kappa shape index (κ2) is 4.68. The first-order valence-electron chi connectivity index (χ1n) is 5.17. The van der Waals surface area contributed by atoms with Gasteiger partial charge in [0.2, 0.25) is 5.91 Å². The lowest BCUT2D eigenvalue weighted by Crippen LogP contribution is -2.11. The van der Waals surface area contributed by atoms with Gasteiger partial charge in [0.05, 0.1) is 18.1 Å². The second-order valence-electron chi connectivity index (χ2n) is 3.73. The van der Waals surface area contributed by atoms with Crippen molar-refractivity contribution < 1.29 is 18.0 Å². The van der Waals surface area contributed by atoms with Crippen LogP contribution in [0, 0.1) is 0 Å². The van der Waals surface area contributed by atoms with Crippen LogP contribution in [-0.2, 0) is 6.18 Å². The van der Waals surface area contributed by atoms with Crippen molar-refractivity contribution in [2.45, 2.75) is 6.18 Å². The Morgan fingerprint density at radius 1 is 1.16 bits per heavy atom. The van der Waals surface area contributed by atoms with E-state index in [1.807, 2.05) is 0 Å². The highest BCUT2D eigenvalue weighted by atomic mass is 19.4. The topological polar surface area (TPSA) is 68.9 Å². The van der Waals surface area contributed by atoms with Gasteiger partial charge in [0.25, 0.3) is 0 Å².